The van der Waals surface area contributed by atoms with E-state index < -0.39 is 11.7 Å². The standard InChI is InChI=1S/C13H13F3INO2/c14-13(15,16)10-2-1-8(7-11(10)17)12(19)18-9-3-5-20-6-4-9/h1-2,7,9H,3-6H2,(H,18,19). The molecular formula is C13H13F3INO2. The van der Waals surface area contributed by atoms with Crippen LogP contribution in [0.5, 0.6) is 0 Å². The highest BCUT2D eigenvalue weighted by Gasteiger charge is 2.33. The first-order valence-electron chi connectivity index (χ1n) is 6.13. The average molecular weight is 399 g/mol. The fourth-order valence-corrected chi connectivity index (χ4v) is 2.82. The summed E-state index contributed by atoms with van der Waals surface area (Å²) in [5.74, 6) is -0.344. The van der Waals surface area contributed by atoms with Crippen LogP contribution < -0.4 is 5.32 Å². The van der Waals surface area contributed by atoms with Gasteiger partial charge in [-0.25, -0.2) is 0 Å². The fourth-order valence-electron chi connectivity index (χ4n) is 2.00. The van der Waals surface area contributed by atoms with Gasteiger partial charge in [-0.05, 0) is 53.6 Å². The zero-order valence-electron chi connectivity index (χ0n) is 10.5. The number of hydrogen-bond donors (Lipinski definition) is 1. The van der Waals surface area contributed by atoms with Crippen molar-refractivity contribution in [3.63, 3.8) is 0 Å². The topological polar surface area (TPSA) is 38.3 Å². The van der Waals surface area contributed by atoms with Crippen LogP contribution in [0.25, 0.3) is 0 Å². The molecule has 1 fully saturated rings. The molecule has 1 N–H and O–H groups in total. The molecule has 1 aliphatic rings. The van der Waals surface area contributed by atoms with Crippen LogP contribution in [0.2, 0.25) is 0 Å². The van der Waals surface area contributed by atoms with Gasteiger partial charge in [0.2, 0.25) is 0 Å². The molecule has 110 valence electrons. The van der Waals surface area contributed by atoms with Gasteiger partial charge in [0, 0.05) is 28.4 Å². The Balaban J connectivity index is 2.09. The van der Waals surface area contributed by atoms with Gasteiger partial charge < -0.3 is 10.1 Å². The number of halogens is 4. The summed E-state index contributed by atoms with van der Waals surface area (Å²) in [4.78, 5) is 12.0. The monoisotopic (exact) mass is 399 g/mol. The van der Waals surface area contributed by atoms with Gasteiger partial charge in [0.05, 0.1) is 5.56 Å². The molecule has 0 aliphatic carbocycles. The number of alkyl halides is 3. The molecule has 1 aromatic rings. The van der Waals surface area contributed by atoms with Crippen molar-refractivity contribution in [2.24, 2.45) is 0 Å². The Morgan fingerprint density at radius 2 is 1.95 bits per heavy atom. The first-order valence-corrected chi connectivity index (χ1v) is 7.21. The van der Waals surface area contributed by atoms with E-state index in [1.165, 1.54) is 12.1 Å². The molecule has 1 saturated heterocycles. The summed E-state index contributed by atoms with van der Waals surface area (Å²) in [7, 11) is 0. The quantitative estimate of drug-likeness (QED) is 0.776. The Kier molecular flexibility index (Phi) is 4.90. The molecule has 3 nitrogen and oxygen atoms in total. The van der Waals surface area contributed by atoms with Gasteiger partial charge in [-0.15, -0.1) is 0 Å². The first-order chi connectivity index (χ1) is 9.38. The van der Waals surface area contributed by atoms with Gasteiger partial charge in [0.25, 0.3) is 5.91 Å². The highest BCUT2D eigenvalue weighted by Crippen LogP contribution is 2.33. The van der Waals surface area contributed by atoms with Gasteiger partial charge in [0.1, 0.15) is 0 Å². The van der Waals surface area contributed by atoms with Crippen molar-refractivity contribution in [3.8, 4) is 0 Å². The molecule has 1 aliphatic heterocycles. The maximum Gasteiger partial charge on any atom is 0.417 e. The molecule has 0 unspecified atom stereocenters. The number of hydrogen-bond acceptors (Lipinski definition) is 2. The molecule has 7 heteroatoms. The number of rotatable bonds is 2. The molecule has 0 atom stereocenters. The van der Waals surface area contributed by atoms with E-state index in [1.54, 1.807) is 22.6 Å². The van der Waals surface area contributed by atoms with Crippen molar-refractivity contribution in [1.82, 2.24) is 5.32 Å². The van der Waals surface area contributed by atoms with E-state index in [1.807, 2.05) is 0 Å². The third-order valence-electron chi connectivity index (χ3n) is 3.09. The zero-order chi connectivity index (χ0) is 14.8. The van der Waals surface area contributed by atoms with Gasteiger partial charge in [-0.1, -0.05) is 0 Å². The third-order valence-corrected chi connectivity index (χ3v) is 3.99. The van der Waals surface area contributed by atoms with Gasteiger partial charge >= 0.3 is 6.18 Å². The van der Waals surface area contributed by atoms with Crippen LogP contribution in [-0.4, -0.2) is 25.2 Å². The third kappa shape index (κ3) is 3.85. The van der Waals surface area contributed by atoms with Gasteiger partial charge in [-0.2, -0.15) is 13.2 Å². The molecule has 2 rings (SSSR count). The minimum absolute atomic E-state index is 0.0229. The SMILES string of the molecule is O=C(NC1CCOCC1)c1ccc(C(F)(F)F)c(I)c1. The summed E-state index contributed by atoms with van der Waals surface area (Å²) in [6, 6.07) is 3.44. The average Bonchev–Trinajstić information content (AvgIpc) is 2.38. The Hall–Kier alpha value is -0.830. The van der Waals surface area contributed by atoms with Crippen molar-refractivity contribution >= 4 is 28.5 Å². The summed E-state index contributed by atoms with van der Waals surface area (Å²) < 4.78 is 43.1. The predicted octanol–water partition coefficient (Wildman–Crippen LogP) is 3.22. The molecule has 1 heterocycles. The van der Waals surface area contributed by atoms with Crippen LogP contribution in [0.3, 0.4) is 0 Å². The molecule has 1 aromatic carbocycles. The Labute approximate surface area is 128 Å². The van der Waals surface area contributed by atoms with Crippen LogP contribution >= 0.6 is 22.6 Å². The van der Waals surface area contributed by atoms with Gasteiger partial charge in [0.15, 0.2) is 0 Å². The van der Waals surface area contributed by atoms with Crippen molar-refractivity contribution in [1.29, 1.82) is 0 Å². The van der Waals surface area contributed by atoms with Crippen molar-refractivity contribution < 1.29 is 22.7 Å². The Bertz CT molecular complexity index is 499. The molecule has 0 spiro atoms. The normalized spacial score (nSPS) is 17.0. The zero-order valence-corrected chi connectivity index (χ0v) is 12.6. The van der Waals surface area contributed by atoms with E-state index in [2.05, 4.69) is 5.32 Å². The first kappa shape index (κ1) is 15.6. The Morgan fingerprint density at radius 3 is 2.50 bits per heavy atom. The Morgan fingerprint density at radius 1 is 1.30 bits per heavy atom. The molecule has 0 radical (unpaired) electrons. The number of carbonyl (C=O) groups is 1. The molecule has 0 saturated carbocycles. The van der Waals surface area contributed by atoms with Crippen LogP contribution in [0.1, 0.15) is 28.8 Å². The molecular weight excluding hydrogens is 386 g/mol. The maximum absolute atomic E-state index is 12.6. The second kappa shape index (κ2) is 6.30. The van der Waals surface area contributed by atoms with Crippen molar-refractivity contribution in [2.45, 2.75) is 25.1 Å². The van der Waals surface area contributed by atoms with Crippen LogP contribution in [0.4, 0.5) is 13.2 Å². The van der Waals surface area contributed by atoms with Gasteiger partial charge in [-0.3, -0.25) is 4.79 Å². The van der Waals surface area contributed by atoms with E-state index in [9.17, 15) is 18.0 Å². The summed E-state index contributed by atoms with van der Waals surface area (Å²) in [5.41, 5.74) is -0.477. The molecule has 0 bridgehead atoms. The smallest absolute Gasteiger partial charge is 0.381 e. The number of nitrogens with one attached hydrogen (secondary N) is 1. The maximum atomic E-state index is 12.6. The lowest BCUT2D eigenvalue weighted by atomic mass is 10.1. The van der Waals surface area contributed by atoms with E-state index in [4.69, 9.17) is 4.74 Å². The van der Waals surface area contributed by atoms with E-state index >= 15 is 0 Å². The lowest BCUT2D eigenvalue weighted by Crippen LogP contribution is -2.38. The van der Waals surface area contributed by atoms with Crippen LogP contribution in [0, 0.1) is 3.57 Å². The van der Waals surface area contributed by atoms with Crippen molar-refractivity contribution in [3.05, 3.63) is 32.9 Å². The lowest BCUT2D eigenvalue weighted by Gasteiger charge is -2.23. The highest BCUT2D eigenvalue weighted by molar-refractivity contribution is 14.1. The second-order valence-electron chi connectivity index (χ2n) is 4.55. The largest absolute Gasteiger partial charge is 0.417 e. The second-order valence-corrected chi connectivity index (χ2v) is 5.71. The minimum atomic E-state index is -4.40. The molecule has 0 aromatic heterocycles. The fraction of sp³-hybridized carbons (Fsp3) is 0.462. The number of benzene rings is 1. The van der Waals surface area contributed by atoms with E-state index in [-0.39, 0.29) is 21.1 Å². The summed E-state index contributed by atoms with van der Waals surface area (Å²) in [6.45, 7) is 1.19. The predicted molar refractivity (Wildman–Crippen MR) is 75.5 cm³/mol. The van der Waals surface area contributed by atoms with E-state index in [0.29, 0.717) is 13.2 Å². The number of ether oxygens (including phenoxy) is 1. The number of amides is 1. The van der Waals surface area contributed by atoms with E-state index in [0.717, 1.165) is 18.9 Å². The molecule has 20 heavy (non-hydrogen) atoms. The minimum Gasteiger partial charge on any atom is -0.381 e. The van der Waals surface area contributed by atoms with Crippen molar-refractivity contribution in [2.75, 3.05) is 13.2 Å². The van der Waals surface area contributed by atoms with Crippen LogP contribution in [0.15, 0.2) is 18.2 Å². The highest BCUT2D eigenvalue weighted by atomic mass is 127. The molecule has 1 amide bonds. The summed E-state index contributed by atoms with van der Waals surface area (Å²) >= 11 is 1.60. The summed E-state index contributed by atoms with van der Waals surface area (Å²) in [6.07, 6.45) is -2.95. The van der Waals surface area contributed by atoms with Crippen LogP contribution in [-0.2, 0) is 10.9 Å². The summed E-state index contributed by atoms with van der Waals surface area (Å²) in [5, 5.41) is 2.82. The lowest BCUT2D eigenvalue weighted by molar-refractivity contribution is -0.138. The number of carbonyl (C=O) groups excluding carboxylic acids is 1.